The van der Waals surface area contributed by atoms with E-state index in [1.165, 1.54) is 18.2 Å². The van der Waals surface area contributed by atoms with Crippen molar-refractivity contribution in [1.29, 1.82) is 0 Å². The first kappa shape index (κ1) is 20.1. The predicted octanol–water partition coefficient (Wildman–Crippen LogP) is 3.38. The average molecular weight is 414 g/mol. The van der Waals surface area contributed by atoms with Crippen LogP contribution in [-0.2, 0) is 14.3 Å². The van der Waals surface area contributed by atoms with Crippen LogP contribution in [0.4, 0.5) is 10.1 Å². The quantitative estimate of drug-likeness (QED) is 0.761. The molecule has 1 N–H and O–H groups in total. The molecule has 0 amide bonds. The maximum atomic E-state index is 14.1. The van der Waals surface area contributed by atoms with Crippen LogP contribution in [0.2, 0.25) is 5.02 Å². The Balaban J connectivity index is 1.61. The number of piperidine rings is 1. The van der Waals surface area contributed by atoms with Crippen LogP contribution in [0, 0.1) is 18.7 Å². The lowest BCUT2D eigenvalue weighted by atomic mass is 9.94. The van der Waals surface area contributed by atoms with E-state index in [9.17, 15) is 17.9 Å². The molecule has 27 heavy (non-hydrogen) atoms. The maximum absolute atomic E-state index is 14.1. The van der Waals surface area contributed by atoms with Crippen LogP contribution < -0.4 is 4.90 Å². The van der Waals surface area contributed by atoms with Gasteiger partial charge in [-0.25, -0.2) is 4.39 Å². The van der Waals surface area contributed by atoms with Gasteiger partial charge in [-0.2, -0.15) is 8.42 Å². The number of aryl methyl sites for hydroxylation is 1. The number of rotatable bonds is 5. The van der Waals surface area contributed by atoms with E-state index in [1.54, 1.807) is 29.2 Å². The molecule has 1 fully saturated rings. The molecule has 1 aliphatic heterocycles. The molecule has 0 aromatic heterocycles. The molecule has 8 heteroatoms. The van der Waals surface area contributed by atoms with Gasteiger partial charge in [0.1, 0.15) is 5.82 Å². The van der Waals surface area contributed by atoms with E-state index in [0.29, 0.717) is 23.7 Å². The van der Waals surface area contributed by atoms with Crippen molar-refractivity contribution in [2.24, 2.45) is 5.92 Å². The largest absolute Gasteiger partial charge is 0.391 e. The average Bonchev–Trinajstić information content (AvgIpc) is 2.61. The second-order valence-corrected chi connectivity index (χ2v) is 8.76. The zero-order valence-corrected chi connectivity index (χ0v) is 16.4. The van der Waals surface area contributed by atoms with Gasteiger partial charge in [0.05, 0.1) is 23.3 Å². The minimum atomic E-state index is -3.88. The van der Waals surface area contributed by atoms with Gasteiger partial charge in [-0.3, -0.25) is 4.18 Å². The first-order chi connectivity index (χ1) is 12.8. The van der Waals surface area contributed by atoms with Crippen LogP contribution in [0.15, 0.2) is 47.4 Å². The van der Waals surface area contributed by atoms with Crippen molar-refractivity contribution < 1.29 is 22.1 Å². The van der Waals surface area contributed by atoms with Crippen molar-refractivity contribution in [3.8, 4) is 0 Å². The van der Waals surface area contributed by atoms with E-state index >= 15 is 0 Å². The number of β-amino-alcohol motifs (C(OH)–C–C–N with tert-alkyl or cyclic N) is 1. The van der Waals surface area contributed by atoms with Crippen molar-refractivity contribution in [3.05, 3.63) is 58.9 Å². The van der Waals surface area contributed by atoms with Gasteiger partial charge < -0.3 is 10.0 Å². The minimum absolute atomic E-state index is 0.0864. The lowest BCUT2D eigenvalue weighted by Crippen LogP contribution is -2.45. The fourth-order valence-corrected chi connectivity index (χ4v) is 4.20. The van der Waals surface area contributed by atoms with E-state index < -0.39 is 22.0 Å². The Morgan fingerprint density at radius 2 is 1.96 bits per heavy atom. The summed E-state index contributed by atoms with van der Waals surface area (Å²) in [5.41, 5.74) is 1.32. The van der Waals surface area contributed by atoms with Crippen LogP contribution in [0.25, 0.3) is 0 Å². The Kier molecular flexibility index (Phi) is 6.05. The molecule has 0 spiro atoms. The summed E-state index contributed by atoms with van der Waals surface area (Å²) < 4.78 is 43.8. The molecule has 1 aliphatic rings. The highest BCUT2D eigenvalue weighted by Crippen LogP contribution is 2.28. The summed E-state index contributed by atoms with van der Waals surface area (Å²) in [6.45, 7) is 2.42. The molecule has 2 aromatic carbocycles. The number of hydrogen-bond acceptors (Lipinski definition) is 5. The van der Waals surface area contributed by atoms with Gasteiger partial charge in [-0.05, 0) is 43.7 Å². The lowest BCUT2D eigenvalue weighted by molar-refractivity contribution is 0.0634. The van der Waals surface area contributed by atoms with E-state index in [0.717, 1.165) is 5.56 Å². The lowest BCUT2D eigenvalue weighted by Gasteiger charge is -2.37. The molecule has 146 valence electrons. The molecule has 0 bridgehead atoms. The van der Waals surface area contributed by atoms with Gasteiger partial charge in [-0.15, -0.1) is 0 Å². The van der Waals surface area contributed by atoms with Gasteiger partial charge >= 0.3 is 0 Å². The van der Waals surface area contributed by atoms with Crippen molar-refractivity contribution in [1.82, 2.24) is 0 Å². The molecule has 5 nitrogen and oxygen atoms in total. The molecular formula is C19H21ClFNO4S. The Hall–Kier alpha value is -1.67. The highest BCUT2D eigenvalue weighted by molar-refractivity contribution is 7.86. The highest BCUT2D eigenvalue weighted by Gasteiger charge is 2.30. The second-order valence-electron chi connectivity index (χ2n) is 6.71. The Bertz CT molecular complexity index is 904. The summed E-state index contributed by atoms with van der Waals surface area (Å²) in [5.74, 6) is -0.803. The van der Waals surface area contributed by atoms with Gasteiger partial charge in [0, 0.05) is 24.0 Å². The summed E-state index contributed by atoms with van der Waals surface area (Å²) in [6.07, 6.45) is -0.353. The zero-order valence-electron chi connectivity index (χ0n) is 14.8. The number of aliphatic hydroxyl groups is 1. The van der Waals surface area contributed by atoms with Gasteiger partial charge in [0.25, 0.3) is 10.1 Å². The summed E-state index contributed by atoms with van der Waals surface area (Å²) >= 11 is 5.77. The third-order valence-corrected chi connectivity index (χ3v) is 6.25. The molecule has 0 unspecified atom stereocenters. The van der Waals surface area contributed by atoms with Crippen LogP contribution in [0.3, 0.4) is 0 Å². The fraction of sp³-hybridized carbons (Fsp3) is 0.368. The Morgan fingerprint density at radius 1 is 1.26 bits per heavy atom. The van der Waals surface area contributed by atoms with Crippen LogP contribution >= 0.6 is 11.6 Å². The van der Waals surface area contributed by atoms with E-state index in [-0.39, 0.29) is 24.0 Å². The highest BCUT2D eigenvalue weighted by atomic mass is 35.5. The number of halogens is 2. The molecule has 1 heterocycles. The van der Waals surface area contributed by atoms with Crippen LogP contribution in [0.1, 0.15) is 12.0 Å². The number of nitrogens with zero attached hydrogens (tertiary/aromatic N) is 1. The molecule has 2 atom stereocenters. The van der Waals surface area contributed by atoms with Crippen molar-refractivity contribution in [3.63, 3.8) is 0 Å². The molecule has 0 radical (unpaired) electrons. The fourth-order valence-electron chi connectivity index (χ4n) is 3.08. The Labute approximate surface area is 163 Å². The zero-order chi connectivity index (χ0) is 19.6. The topological polar surface area (TPSA) is 66.8 Å². The molecule has 1 saturated heterocycles. The summed E-state index contributed by atoms with van der Waals surface area (Å²) in [7, 11) is -3.88. The molecule has 2 aromatic rings. The Morgan fingerprint density at radius 3 is 2.59 bits per heavy atom. The number of aliphatic hydroxyl groups excluding tert-OH is 1. The van der Waals surface area contributed by atoms with Gasteiger partial charge in [-0.1, -0.05) is 29.3 Å². The molecule has 0 aliphatic carbocycles. The summed E-state index contributed by atoms with van der Waals surface area (Å²) in [4.78, 5) is 1.81. The van der Waals surface area contributed by atoms with E-state index in [4.69, 9.17) is 15.8 Å². The van der Waals surface area contributed by atoms with Crippen LogP contribution in [0.5, 0.6) is 0 Å². The third-order valence-electron chi connectivity index (χ3n) is 4.72. The smallest absolute Gasteiger partial charge is 0.296 e. The molecule has 3 rings (SSSR count). The summed E-state index contributed by atoms with van der Waals surface area (Å²) in [6, 6.07) is 10.8. The summed E-state index contributed by atoms with van der Waals surface area (Å²) in [5, 5.41) is 10.7. The van der Waals surface area contributed by atoms with E-state index in [2.05, 4.69) is 0 Å². The maximum Gasteiger partial charge on any atom is 0.296 e. The number of benzene rings is 2. The predicted molar refractivity (Wildman–Crippen MR) is 102 cm³/mol. The first-order valence-electron chi connectivity index (χ1n) is 8.60. The normalized spacial score (nSPS) is 20.7. The second kappa shape index (κ2) is 8.14. The van der Waals surface area contributed by atoms with Crippen LogP contribution in [-0.4, -0.2) is 39.3 Å². The molecular weight excluding hydrogens is 393 g/mol. The standard InChI is InChI=1S/C19H21ClFNO4S/c1-13-2-5-16(6-3-13)27(24,25)26-12-14-8-9-22(11-19(14)23)18-7-4-15(20)10-17(18)21/h2-7,10,14,19,23H,8-9,11-12H2,1H3/t14-,19+/m1/s1. The van der Waals surface area contributed by atoms with E-state index in [1.807, 2.05) is 6.92 Å². The minimum Gasteiger partial charge on any atom is -0.391 e. The van der Waals surface area contributed by atoms with Crippen molar-refractivity contribution in [2.75, 3.05) is 24.6 Å². The van der Waals surface area contributed by atoms with Gasteiger partial charge in [0.15, 0.2) is 0 Å². The van der Waals surface area contributed by atoms with Gasteiger partial charge in [0.2, 0.25) is 0 Å². The number of anilines is 1. The number of hydrogen-bond donors (Lipinski definition) is 1. The van der Waals surface area contributed by atoms with Crippen molar-refractivity contribution in [2.45, 2.75) is 24.3 Å². The van der Waals surface area contributed by atoms with Crippen molar-refractivity contribution >= 4 is 27.4 Å². The third kappa shape index (κ3) is 4.79. The SMILES string of the molecule is Cc1ccc(S(=O)(=O)OC[C@H]2CCN(c3ccc(Cl)cc3F)C[C@@H]2O)cc1. The molecule has 0 saturated carbocycles. The monoisotopic (exact) mass is 413 g/mol. The first-order valence-corrected chi connectivity index (χ1v) is 10.4.